The number of carbonyl (C=O) groups is 1. The zero-order chi connectivity index (χ0) is 10.3. The fourth-order valence-corrected chi connectivity index (χ4v) is 1.50. The molecule has 1 N–H and O–H groups in total. The fourth-order valence-electron chi connectivity index (χ4n) is 0.664. The normalized spacial score (nSPS) is 11.6. The lowest BCUT2D eigenvalue weighted by Gasteiger charge is -2.17. The first-order valence-electron chi connectivity index (χ1n) is 4.45. The smallest absolute Gasteiger partial charge is 0.319 e. The van der Waals surface area contributed by atoms with E-state index in [2.05, 4.69) is 0 Å². The van der Waals surface area contributed by atoms with Crippen molar-refractivity contribution in [3.63, 3.8) is 0 Å². The Morgan fingerprint density at radius 1 is 1.46 bits per heavy atom. The fraction of sp³-hybridized carbons (Fsp3) is 0.889. The summed E-state index contributed by atoms with van der Waals surface area (Å²) in [5.74, 6) is -0.0350. The molecular formula is C9H18O3S. The first-order chi connectivity index (χ1) is 6.00. The number of rotatable bonds is 7. The van der Waals surface area contributed by atoms with Crippen LogP contribution < -0.4 is 0 Å². The van der Waals surface area contributed by atoms with Crippen LogP contribution >= 0.6 is 11.8 Å². The van der Waals surface area contributed by atoms with Gasteiger partial charge in [0.05, 0.1) is 6.61 Å². The van der Waals surface area contributed by atoms with E-state index >= 15 is 0 Å². The second-order valence-corrected chi connectivity index (χ2v) is 4.99. The third-order valence-corrected chi connectivity index (χ3v) is 2.82. The van der Waals surface area contributed by atoms with Crippen molar-refractivity contribution in [2.75, 3.05) is 19.0 Å². The number of ether oxygens (including phenoxy) is 1. The number of thioether (sulfide) groups is 1. The predicted molar refractivity (Wildman–Crippen MR) is 55.3 cm³/mol. The van der Waals surface area contributed by atoms with Crippen molar-refractivity contribution in [1.29, 1.82) is 0 Å². The summed E-state index contributed by atoms with van der Waals surface area (Å²) in [6.07, 6.45) is 1.01. The van der Waals surface area contributed by atoms with E-state index in [0.29, 0.717) is 6.61 Å². The van der Waals surface area contributed by atoms with Crippen LogP contribution in [0.25, 0.3) is 0 Å². The van der Waals surface area contributed by atoms with Gasteiger partial charge in [0.1, 0.15) is 4.75 Å². The van der Waals surface area contributed by atoms with Gasteiger partial charge in [-0.15, -0.1) is 11.8 Å². The van der Waals surface area contributed by atoms with Gasteiger partial charge < -0.3 is 9.84 Å². The molecule has 0 bridgehead atoms. The Balaban J connectivity index is 3.46. The van der Waals surface area contributed by atoms with Gasteiger partial charge in [-0.05, 0) is 20.3 Å². The highest BCUT2D eigenvalue weighted by Gasteiger charge is 2.26. The summed E-state index contributed by atoms with van der Waals surface area (Å²) in [6.45, 7) is 6.86. The molecule has 0 spiro atoms. The van der Waals surface area contributed by atoms with E-state index in [-0.39, 0.29) is 0 Å². The monoisotopic (exact) mass is 206 g/mol. The van der Waals surface area contributed by atoms with E-state index in [0.717, 1.165) is 18.8 Å². The molecule has 0 aliphatic carbocycles. The van der Waals surface area contributed by atoms with Crippen LogP contribution in [-0.4, -0.2) is 34.8 Å². The van der Waals surface area contributed by atoms with Gasteiger partial charge in [-0.3, -0.25) is 4.79 Å². The molecule has 0 atom stereocenters. The molecule has 0 aromatic carbocycles. The molecule has 0 aliphatic heterocycles. The molecule has 0 radical (unpaired) electrons. The second-order valence-electron chi connectivity index (χ2n) is 3.28. The van der Waals surface area contributed by atoms with Crippen LogP contribution in [0, 0.1) is 0 Å². The van der Waals surface area contributed by atoms with Gasteiger partial charge in [0, 0.05) is 12.4 Å². The Kier molecular flexibility index (Phi) is 6.16. The Morgan fingerprint density at radius 2 is 2.08 bits per heavy atom. The number of carboxylic acid groups (broad SMARTS) is 1. The summed E-state index contributed by atoms with van der Waals surface area (Å²) >= 11 is 1.41. The summed E-state index contributed by atoms with van der Waals surface area (Å²) in [4.78, 5) is 10.7. The molecule has 0 amide bonds. The van der Waals surface area contributed by atoms with Gasteiger partial charge in [-0.1, -0.05) is 6.92 Å². The summed E-state index contributed by atoms with van der Waals surface area (Å²) in [5.41, 5.74) is 0. The topological polar surface area (TPSA) is 46.5 Å². The lowest BCUT2D eigenvalue weighted by molar-refractivity contribution is -0.138. The minimum absolute atomic E-state index is 0.634. The van der Waals surface area contributed by atoms with Crippen molar-refractivity contribution in [3.8, 4) is 0 Å². The van der Waals surface area contributed by atoms with E-state index < -0.39 is 10.7 Å². The average Bonchev–Trinajstić information content (AvgIpc) is 2.03. The summed E-state index contributed by atoms with van der Waals surface area (Å²) in [6, 6.07) is 0. The van der Waals surface area contributed by atoms with Gasteiger partial charge in [0.25, 0.3) is 0 Å². The molecule has 3 nitrogen and oxygen atoms in total. The quantitative estimate of drug-likeness (QED) is 0.647. The lowest BCUT2D eigenvalue weighted by Crippen LogP contribution is -2.28. The molecule has 0 aromatic heterocycles. The molecular weight excluding hydrogens is 188 g/mol. The highest BCUT2D eigenvalue weighted by Crippen LogP contribution is 2.23. The molecule has 4 heteroatoms. The molecule has 0 aromatic rings. The lowest BCUT2D eigenvalue weighted by atomic mass is 10.2. The van der Waals surface area contributed by atoms with E-state index in [1.165, 1.54) is 11.8 Å². The summed E-state index contributed by atoms with van der Waals surface area (Å²) < 4.78 is 4.55. The first-order valence-corrected chi connectivity index (χ1v) is 5.44. The van der Waals surface area contributed by atoms with Crippen LogP contribution in [0.4, 0.5) is 0 Å². The number of hydrogen-bond acceptors (Lipinski definition) is 3. The van der Waals surface area contributed by atoms with Crippen molar-refractivity contribution in [2.24, 2.45) is 0 Å². The highest BCUT2D eigenvalue weighted by atomic mass is 32.2. The van der Waals surface area contributed by atoms with Crippen molar-refractivity contribution in [1.82, 2.24) is 0 Å². The first kappa shape index (κ1) is 12.8. The maximum absolute atomic E-state index is 10.7. The zero-order valence-electron chi connectivity index (χ0n) is 8.50. The number of hydrogen-bond donors (Lipinski definition) is 1. The van der Waals surface area contributed by atoms with Crippen LogP contribution in [0.3, 0.4) is 0 Å². The van der Waals surface area contributed by atoms with Gasteiger partial charge in [0.15, 0.2) is 0 Å². The van der Waals surface area contributed by atoms with Crippen LogP contribution in [0.2, 0.25) is 0 Å². The molecule has 0 heterocycles. The maximum Gasteiger partial charge on any atom is 0.319 e. The molecule has 0 saturated heterocycles. The van der Waals surface area contributed by atoms with Gasteiger partial charge >= 0.3 is 5.97 Å². The third kappa shape index (κ3) is 5.93. The minimum atomic E-state index is -0.770. The van der Waals surface area contributed by atoms with E-state index in [1.54, 1.807) is 13.8 Å². The number of carboxylic acids is 1. The molecule has 0 fully saturated rings. The number of aliphatic carboxylic acids is 1. The molecule has 0 saturated carbocycles. The van der Waals surface area contributed by atoms with E-state index in [4.69, 9.17) is 9.84 Å². The molecule has 0 rings (SSSR count). The largest absolute Gasteiger partial charge is 0.480 e. The van der Waals surface area contributed by atoms with E-state index in [1.807, 2.05) is 6.92 Å². The van der Waals surface area contributed by atoms with Crippen LogP contribution in [0.15, 0.2) is 0 Å². The van der Waals surface area contributed by atoms with Crippen molar-refractivity contribution in [3.05, 3.63) is 0 Å². The van der Waals surface area contributed by atoms with Crippen LogP contribution in [0.5, 0.6) is 0 Å². The van der Waals surface area contributed by atoms with Gasteiger partial charge in [-0.25, -0.2) is 0 Å². The average molecular weight is 206 g/mol. The maximum atomic E-state index is 10.7. The molecule has 13 heavy (non-hydrogen) atoms. The molecule has 0 aliphatic rings. The van der Waals surface area contributed by atoms with Gasteiger partial charge in [-0.2, -0.15) is 0 Å². The van der Waals surface area contributed by atoms with Crippen LogP contribution in [0.1, 0.15) is 27.2 Å². The Bertz CT molecular complexity index is 157. The minimum Gasteiger partial charge on any atom is -0.480 e. The molecule has 0 unspecified atom stereocenters. The molecule has 78 valence electrons. The standard InChI is InChI=1S/C9H18O3S/c1-4-5-12-6-7-13-9(2,3)8(10)11/h4-7H2,1-3H3,(H,10,11). The van der Waals surface area contributed by atoms with Crippen molar-refractivity contribution >= 4 is 17.7 Å². The zero-order valence-corrected chi connectivity index (χ0v) is 9.32. The Labute approximate surface area is 83.9 Å². The highest BCUT2D eigenvalue weighted by molar-refractivity contribution is 8.01. The SMILES string of the molecule is CCCOCCSC(C)(C)C(=O)O. The van der Waals surface area contributed by atoms with Crippen LogP contribution in [-0.2, 0) is 9.53 Å². The summed E-state index contributed by atoms with van der Waals surface area (Å²) in [7, 11) is 0. The predicted octanol–water partition coefficient (Wildman–Crippen LogP) is 2.01. The third-order valence-electron chi connectivity index (χ3n) is 1.55. The van der Waals surface area contributed by atoms with Gasteiger partial charge in [0.2, 0.25) is 0 Å². The van der Waals surface area contributed by atoms with Crippen molar-refractivity contribution in [2.45, 2.75) is 31.9 Å². The Hall–Kier alpha value is -0.220. The van der Waals surface area contributed by atoms with E-state index in [9.17, 15) is 4.79 Å². The van der Waals surface area contributed by atoms with Crippen molar-refractivity contribution < 1.29 is 14.6 Å². The second kappa shape index (κ2) is 6.27. The Morgan fingerprint density at radius 3 is 2.54 bits per heavy atom. The summed E-state index contributed by atoms with van der Waals surface area (Å²) in [5, 5.41) is 8.78.